The van der Waals surface area contributed by atoms with E-state index in [1.807, 2.05) is 0 Å². The summed E-state index contributed by atoms with van der Waals surface area (Å²) < 4.78 is 0. The van der Waals surface area contributed by atoms with Crippen LogP contribution in [0.1, 0.15) is 31.2 Å². The van der Waals surface area contributed by atoms with Crippen LogP contribution in [-0.4, -0.2) is 6.26 Å². The molecule has 1 aromatic carbocycles. The van der Waals surface area contributed by atoms with Crippen molar-refractivity contribution >= 4 is 11.8 Å². The SMILES string of the molecule is [CH2]CCCCCc1ccc(SC)cc1. The third-order valence-electron chi connectivity index (χ3n) is 2.37. The molecule has 1 heteroatoms. The van der Waals surface area contributed by atoms with Crippen LogP contribution < -0.4 is 0 Å². The second-order valence-corrected chi connectivity index (χ2v) is 4.39. The lowest BCUT2D eigenvalue weighted by atomic mass is 10.1. The summed E-state index contributed by atoms with van der Waals surface area (Å²) in [5, 5.41) is 0. The zero-order valence-corrected chi connectivity index (χ0v) is 9.78. The van der Waals surface area contributed by atoms with Crippen molar-refractivity contribution in [2.45, 2.75) is 37.0 Å². The Hall–Kier alpha value is -0.430. The molecule has 0 spiro atoms. The summed E-state index contributed by atoms with van der Waals surface area (Å²) >= 11 is 1.80. The van der Waals surface area contributed by atoms with Gasteiger partial charge in [-0.2, -0.15) is 0 Å². The number of hydrogen-bond acceptors (Lipinski definition) is 1. The van der Waals surface area contributed by atoms with Gasteiger partial charge in [0.25, 0.3) is 0 Å². The molecule has 0 atom stereocenters. The van der Waals surface area contributed by atoms with Crippen molar-refractivity contribution in [3.8, 4) is 0 Å². The van der Waals surface area contributed by atoms with Crippen molar-refractivity contribution in [1.82, 2.24) is 0 Å². The molecular weight excluding hydrogens is 188 g/mol. The molecule has 0 N–H and O–H groups in total. The van der Waals surface area contributed by atoms with Crippen LogP contribution in [0.4, 0.5) is 0 Å². The molecule has 0 fully saturated rings. The van der Waals surface area contributed by atoms with Gasteiger partial charge in [-0.25, -0.2) is 0 Å². The van der Waals surface area contributed by atoms with Crippen molar-refractivity contribution in [1.29, 1.82) is 0 Å². The molecule has 0 unspecified atom stereocenters. The van der Waals surface area contributed by atoms with E-state index in [0.717, 1.165) is 6.42 Å². The Morgan fingerprint density at radius 3 is 2.36 bits per heavy atom. The van der Waals surface area contributed by atoms with E-state index in [2.05, 4.69) is 37.4 Å². The maximum absolute atomic E-state index is 3.85. The monoisotopic (exact) mass is 207 g/mol. The quantitative estimate of drug-likeness (QED) is 0.494. The van der Waals surface area contributed by atoms with Gasteiger partial charge in [0, 0.05) is 4.90 Å². The van der Waals surface area contributed by atoms with E-state index in [9.17, 15) is 0 Å². The van der Waals surface area contributed by atoms with Crippen LogP contribution in [0.3, 0.4) is 0 Å². The number of aryl methyl sites for hydroxylation is 1. The van der Waals surface area contributed by atoms with Crippen LogP contribution in [0, 0.1) is 6.92 Å². The van der Waals surface area contributed by atoms with Crippen LogP contribution >= 0.6 is 11.8 Å². The summed E-state index contributed by atoms with van der Waals surface area (Å²) in [5.41, 5.74) is 1.46. The zero-order valence-electron chi connectivity index (χ0n) is 8.96. The van der Waals surface area contributed by atoms with Crippen LogP contribution in [0.2, 0.25) is 0 Å². The summed E-state index contributed by atoms with van der Waals surface area (Å²) in [4.78, 5) is 1.35. The van der Waals surface area contributed by atoms with E-state index < -0.39 is 0 Å². The molecule has 77 valence electrons. The highest BCUT2D eigenvalue weighted by molar-refractivity contribution is 7.98. The first-order chi connectivity index (χ1) is 6.86. The third kappa shape index (κ3) is 4.19. The fourth-order valence-corrected chi connectivity index (χ4v) is 1.88. The fraction of sp³-hybridized carbons (Fsp3) is 0.462. The number of thioether (sulfide) groups is 1. The van der Waals surface area contributed by atoms with E-state index in [-0.39, 0.29) is 0 Å². The first kappa shape index (κ1) is 11.6. The summed E-state index contributed by atoms with van der Waals surface area (Å²) in [6.45, 7) is 3.85. The van der Waals surface area contributed by atoms with Gasteiger partial charge in [-0.3, -0.25) is 0 Å². The Morgan fingerprint density at radius 1 is 1.07 bits per heavy atom. The molecule has 0 saturated carbocycles. The maximum Gasteiger partial charge on any atom is 0.00693 e. The minimum Gasteiger partial charge on any atom is -0.130 e. The molecule has 0 aromatic heterocycles. The van der Waals surface area contributed by atoms with Gasteiger partial charge < -0.3 is 0 Å². The van der Waals surface area contributed by atoms with Gasteiger partial charge in [-0.1, -0.05) is 38.3 Å². The lowest BCUT2D eigenvalue weighted by molar-refractivity contribution is 0.685. The number of rotatable bonds is 6. The molecule has 0 heterocycles. The molecule has 1 radical (unpaired) electrons. The molecule has 0 amide bonds. The van der Waals surface area contributed by atoms with Gasteiger partial charge in [0.2, 0.25) is 0 Å². The molecule has 0 aliphatic heterocycles. The molecular formula is C13H19S. The highest BCUT2D eigenvalue weighted by Gasteiger charge is 1.94. The van der Waals surface area contributed by atoms with Crippen molar-refractivity contribution in [3.05, 3.63) is 36.8 Å². The Balaban J connectivity index is 2.29. The lowest BCUT2D eigenvalue weighted by Gasteiger charge is -2.02. The predicted octanol–water partition coefficient (Wildman–Crippen LogP) is 4.35. The molecule has 14 heavy (non-hydrogen) atoms. The Morgan fingerprint density at radius 2 is 1.79 bits per heavy atom. The molecule has 1 rings (SSSR count). The lowest BCUT2D eigenvalue weighted by Crippen LogP contribution is -1.85. The molecule has 0 aliphatic rings. The minimum absolute atomic E-state index is 1.07. The van der Waals surface area contributed by atoms with Crippen LogP contribution in [0.25, 0.3) is 0 Å². The molecule has 0 nitrogen and oxygen atoms in total. The van der Waals surface area contributed by atoms with Gasteiger partial charge in [0.1, 0.15) is 0 Å². The molecule has 0 saturated heterocycles. The largest absolute Gasteiger partial charge is 0.130 e. The summed E-state index contributed by atoms with van der Waals surface area (Å²) in [6.07, 6.45) is 8.29. The van der Waals surface area contributed by atoms with E-state index in [1.165, 1.54) is 36.1 Å². The number of benzene rings is 1. The normalized spacial score (nSPS) is 10.4. The van der Waals surface area contributed by atoms with Crippen molar-refractivity contribution in [2.75, 3.05) is 6.26 Å². The third-order valence-corrected chi connectivity index (χ3v) is 3.12. The van der Waals surface area contributed by atoms with Crippen molar-refractivity contribution < 1.29 is 0 Å². The average Bonchev–Trinajstić information content (AvgIpc) is 2.25. The Labute approximate surface area is 92.1 Å². The van der Waals surface area contributed by atoms with E-state index in [1.54, 1.807) is 11.8 Å². The Kier molecular flexibility index (Phi) is 5.77. The first-order valence-corrected chi connectivity index (χ1v) is 6.51. The summed E-state index contributed by atoms with van der Waals surface area (Å²) in [7, 11) is 0. The number of hydrogen-bond donors (Lipinski definition) is 0. The highest BCUT2D eigenvalue weighted by Crippen LogP contribution is 2.16. The summed E-state index contributed by atoms with van der Waals surface area (Å²) in [5.74, 6) is 0. The smallest absolute Gasteiger partial charge is 0.00693 e. The Bertz CT molecular complexity index is 238. The second-order valence-electron chi connectivity index (χ2n) is 3.51. The van der Waals surface area contributed by atoms with Crippen molar-refractivity contribution in [3.63, 3.8) is 0 Å². The van der Waals surface area contributed by atoms with Gasteiger partial charge >= 0.3 is 0 Å². The van der Waals surface area contributed by atoms with Gasteiger partial charge in [0.15, 0.2) is 0 Å². The van der Waals surface area contributed by atoms with Crippen LogP contribution in [0.15, 0.2) is 29.2 Å². The molecule has 1 aromatic rings. The average molecular weight is 207 g/mol. The van der Waals surface area contributed by atoms with Crippen LogP contribution in [-0.2, 0) is 6.42 Å². The second kappa shape index (κ2) is 6.94. The minimum atomic E-state index is 1.07. The maximum atomic E-state index is 3.85. The predicted molar refractivity (Wildman–Crippen MR) is 65.8 cm³/mol. The van der Waals surface area contributed by atoms with E-state index in [0.29, 0.717) is 0 Å². The van der Waals surface area contributed by atoms with Gasteiger partial charge in [0.05, 0.1) is 0 Å². The van der Waals surface area contributed by atoms with Crippen LogP contribution in [0.5, 0.6) is 0 Å². The van der Waals surface area contributed by atoms with Gasteiger partial charge in [-0.05, 0) is 36.8 Å². The van der Waals surface area contributed by atoms with E-state index >= 15 is 0 Å². The standard InChI is InChI=1S/C13H19S/c1-3-4-5-6-7-12-8-10-13(14-2)11-9-12/h8-11H,1,3-7H2,2H3. The van der Waals surface area contributed by atoms with E-state index in [4.69, 9.17) is 0 Å². The first-order valence-electron chi connectivity index (χ1n) is 5.29. The van der Waals surface area contributed by atoms with Crippen molar-refractivity contribution in [2.24, 2.45) is 0 Å². The molecule has 0 bridgehead atoms. The zero-order chi connectivity index (χ0) is 10.2. The summed E-state index contributed by atoms with van der Waals surface area (Å²) in [6, 6.07) is 8.91. The van der Waals surface area contributed by atoms with Gasteiger partial charge in [-0.15, -0.1) is 11.8 Å². The topological polar surface area (TPSA) is 0 Å². The highest BCUT2D eigenvalue weighted by atomic mass is 32.2. The fourth-order valence-electron chi connectivity index (χ4n) is 1.47. The number of unbranched alkanes of at least 4 members (excludes halogenated alkanes) is 3. The molecule has 0 aliphatic carbocycles.